The van der Waals surface area contributed by atoms with Crippen LogP contribution < -0.4 is 5.32 Å². The van der Waals surface area contributed by atoms with Crippen molar-refractivity contribution >= 4 is 29.6 Å². The summed E-state index contributed by atoms with van der Waals surface area (Å²) < 4.78 is 42.3. The van der Waals surface area contributed by atoms with Crippen LogP contribution >= 0.6 is 0 Å². The minimum Gasteiger partial charge on any atom is -0.325 e. The second-order valence-corrected chi connectivity index (χ2v) is 10.6. The van der Waals surface area contributed by atoms with Crippen molar-refractivity contribution < 1.29 is 27.6 Å². The number of allylic oxidation sites excluding steroid dienone is 2. The molecule has 1 saturated heterocycles. The number of imide groups is 1. The molecule has 0 aromatic heterocycles. The highest BCUT2D eigenvalue weighted by molar-refractivity contribution is 6.11. The van der Waals surface area contributed by atoms with Gasteiger partial charge >= 0.3 is 12.2 Å². The number of carbonyl (C=O) groups excluding carboxylic acids is 3. The van der Waals surface area contributed by atoms with Crippen molar-refractivity contribution in [2.24, 2.45) is 4.99 Å². The predicted molar refractivity (Wildman–Crippen MR) is 145 cm³/mol. The lowest BCUT2D eigenvalue weighted by Crippen LogP contribution is -2.52. The van der Waals surface area contributed by atoms with E-state index < -0.39 is 42.1 Å². The molecule has 3 aliphatic rings. The highest BCUT2D eigenvalue weighted by atomic mass is 19.4. The standard InChI is InChI=1S/C30H31F3N4O3/c1-4-19(15-34-3)21-7-9-24-22(14-21)11-12-29(24)27(39)37(28(40)35-29)17-26(38)36-16-23-6-5-18(2)13-20(23)8-10-25(36)30(31,32)33/h4-7,9,13-15,25H,8,10-12,16-17H2,1-3H3,(H,35,40)/b19-4+,34-15-/t25-,29?/m0/s1. The van der Waals surface area contributed by atoms with Crippen LogP contribution in [0.25, 0.3) is 5.57 Å². The maximum atomic E-state index is 14.1. The van der Waals surface area contributed by atoms with Crippen LogP contribution in [0.5, 0.6) is 0 Å². The van der Waals surface area contributed by atoms with Crippen molar-refractivity contribution in [2.45, 2.75) is 63.8 Å². The number of hydrogen-bond acceptors (Lipinski definition) is 4. The topological polar surface area (TPSA) is 82.1 Å². The molecule has 0 bridgehead atoms. The van der Waals surface area contributed by atoms with E-state index in [1.807, 2.05) is 38.1 Å². The maximum Gasteiger partial charge on any atom is 0.408 e. The lowest BCUT2D eigenvalue weighted by atomic mass is 9.90. The van der Waals surface area contributed by atoms with Crippen LogP contribution in [-0.2, 0) is 34.5 Å². The van der Waals surface area contributed by atoms with Crippen LogP contribution in [0.2, 0.25) is 0 Å². The lowest BCUT2D eigenvalue weighted by Gasteiger charge is -2.32. The molecular weight excluding hydrogens is 521 g/mol. The Labute approximate surface area is 230 Å². The first-order valence-corrected chi connectivity index (χ1v) is 13.3. The van der Waals surface area contributed by atoms with Gasteiger partial charge in [-0.05, 0) is 72.9 Å². The summed E-state index contributed by atoms with van der Waals surface area (Å²) in [6.45, 7) is 2.76. The molecule has 2 aromatic rings. The van der Waals surface area contributed by atoms with Crippen molar-refractivity contribution in [3.63, 3.8) is 0 Å². The summed E-state index contributed by atoms with van der Waals surface area (Å²) in [5.74, 6) is -1.53. The Morgan fingerprint density at radius 3 is 2.60 bits per heavy atom. The van der Waals surface area contributed by atoms with E-state index >= 15 is 0 Å². The summed E-state index contributed by atoms with van der Waals surface area (Å²) in [5.41, 5.74) is 4.35. The number of carbonyl (C=O) groups is 3. The number of alkyl halides is 3. The van der Waals surface area contributed by atoms with Gasteiger partial charge < -0.3 is 10.2 Å². The van der Waals surface area contributed by atoms with E-state index in [0.717, 1.165) is 37.6 Å². The summed E-state index contributed by atoms with van der Waals surface area (Å²) in [5, 5.41) is 2.76. The number of halogens is 3. The third-order valence-electron chi connectivity index (χ3n) is 8.18. The summed E-state index contributed by atoms with van der Waals surface area (Å²) >= 11 is 0. The zero-order chi connectivity index (χ0) is 28.8. The number of rotatable bonds is 4. The fourth-order valence-electron chi connectivity index (χ4n) is 6.14. The van der Waals surface area contributed by atoms with Crippen molar-refractivity contribution in [1.29, 1.82) is 0 Å². The Hall–Kier alpha value is -3.95. The molecule has 40 heavy (non-hydrogen) atoms. The van der Waals surface area contributed by atoms with Gasteiger partial charge in [-0.25, -0.2) is 4.79 Å². The number of aryl methyl sites for hydroxylation is 3. The van der Waals surface area contributed by atoms with Crippen molar-refractivity contribution in [3.8, 4) is 0 Å². The van der Waals surface area contributed by atoms with Gasteiger partial charge in [0, 0.05) is 19.8 Å². The SMILES string of the molecule is C/C=C(\C=N/C)c1ccc2c(c1)CCC21NC(=O)N(CC(=O)N2Cc3ccc(C)cc3CC[C@H]2C(F)(F)F)C1=O. The van der Waals surface area contributed by atoms with Gasteiger partial charge in [0.25, 0.3) is 5.91 Å². The molecule has 5 rings (SSSR count). The Balaban J connectivity index is 1.41. The lowest BCUT2D eigenvalue weighted by molar-refractivity contribution is -0.192. The van der Waals surface area contributed by atoms with E-state index in [1.54, 1.807) is 31.5 Å². The maximum absolute atomic E-state index is 14.1. The first kappa shape index (κ1) is 27.6. The van der Waals surface area contributed by atoms with E-state index in [1.165, 1.54) is 0 Å². The minimum absolute atomic E-state index is 0.176. The van der Waals surface area contributed by atoms with Crippen LogP contribution in [0.1, 0.15) is 53.1 Å². The average Bonchev–Trinajstić information content (AvgIpc) is 3.29. The van der Waals surface area contributed by atoms with Crippen LogP contribution in [0.15, 0.2) is 47.5 Å². The second kappa shape index (κ2) is 10.2. The van der Waals surface area contributed by atoms with Crippen LogP contribution in [-0.4, -0.2) is 59.7 Å². The van der Waals surface area contributed by atoms with Gasteiger partial charge in [0.1, 0.15) is 18.1 Å². The molecule has 1 aliphatic carbocycles. The van der Waals surface area contributed by atoms with E-state index in [2.05, 4.69) is 10.3 Å². The minimum atomic E-state index is -4.65. The molecule has 2 aliphatic heterocycles. The highest BCUT2D eigenvalue weighted by Crippen LogP contribution is 2.42. The largest absolute Gasteiger partial charge is 0.408 e. The Morgan fingerprint density at radius 1 is 1.12 bits per heavy atom. The van der Waals surface area contributed by atoms with E-state index in [0.29, 0.717) is 24.0 Å². The average molecular weight is 553 g/mol. The fraction of sp³-hybridized carbons (Fsp3) is 0.400. The highest BCUT2D eigenvalue weighted by Gasteiger charge is 2.56. The molecule has 210 valence electrons. The van der Waals surface area contributed by atoms with E-state index in [9.17, 15) is 27.6 Å². The van der Waals surface area contributed by atoms with Gasteiger partial charge in [-0.1, -0.05) is 48.0 Å². The number of nitrogens with one attached hydrogen (secondary N) is 1. The number of fused-ring (bicyclic) bond motifs is 3. The van der Waals surface area contributed by atoms with E-state index in [4.69, 9.17) is 0 Å². The summed E-state index contributed by atoms with van der Waals surface area (Å²) in [7, 11) is 1.68. The summed E-state index contributed by atoms with van der Waals surface area (Å²) in [6, 6.07) is 8.18. The predicted octanol–water partition coefficient (Wildman–Crippen LogP) is 4.70. The van der Waals surface area contributed by atoms with Crippen LogP contribution in [0.3, 0.4) is 0 Å². The van der Waals surface area contributed by atoms with Crippen LogP contribution in [0, 0.1) is 6.92 Å². The molecule has 0 saturated carbocycles. The molecular formula is C30H31F3N4O3. The molecule has 2 heterocycles. The third-order valence-corrected chi connectivity index (χ3v) is 8.18. The second-order valence-electron chi connectivity index (χ2n) is 10.6. The van der Waals surface area contributed by atoms with Crippen LogP contribution in [0.4, 0.5) is 18.0 Å². The molecule has 1 fully saturated rings. The molecule has 2 aromatic carbocycles. The molecule has 7 nitrogen and oxygen atoms in total. The fourth-order valence-corrected chi connectivity index (χ4v) is 6.14. The molecule has 4 amide bonds. The number of amides is 4. The smallest absolute Gasteiger partial charge is 0.325 e. The monoisotopic (exact) mass is 552 g/mol. The first-order valence-electron chi connectivity index (χ1n) is 13.3. The Kier molecular flexibility index (Phi) is 7.06. The Morgan fingerprint density at radius 2 is 1.90 bits per heavy atom. The Bertz CT molecular complexity index is 1450. The van der Waals surface area contributed by atoms with Gasteiger partial charge in [0.15, 0.2) is 0 Å². The summed E-state index contributed by atoms with van der Waals surface area (Å²) in [4.78, 5) is 45.8. The third kappa shape index (κ3) is 4.69. The molecule has 1 unspecified atom stereocenters. The number of urea groups is 1. The summed E-state index contributed by atoms with van der Waals surface area (Å²) in [6.07, 6.45) is -0.282. The van der Waals surface area contributed by atoms with Gasteiger partial charge in [-0.2, -0.15) is 13.2 Å². The van der Waals surface area contributed by atoms with Gasteiger partial charge in [0.2, 0.25) is 5.91 Å². The number of hydrogen-bond donors (Lipinski definition) is 1. The quantitative estimate of drug-likeness (QED) is 0.441. The molecule has 2 atom stereocenters. The normalized spacial score (nSPS) is 23.1. The molecule has 0 radical (unpaired) electrons. The zero-order valence-corrected chi connectivity index (χ0v) is 22.6. The van der Waals surface area contributed by atoms with Gasteiger partial charge in [0.05, 0.1) is 0 Å². The number of benzene rings is 2. The molecule has 1 spiro atoms. The number of aliphatic imine (C=N–C) groups is 1. The van der Waals surface area contributed by atoms with Crippen molar-refractivity contribution in [3.05, 3.63) is 75.9 Å². The number of nitrogens with zero attached hydrogens (tertiary/aromatic N) is 3. The van der Waals surface area contributed by atoms with Gasteiger partial charge in [-0.15, -0.1) is 0 Å². The van der Waals surface area contributed by atoms with Crippen molar-refractivity contribution in [2.75, 3.05) is 13.6 Å². The van der Waals surface area contributed by atoms with Crippen molar-refractivity contribution in [1.82, 2.24) is 15.1 Å². The first-order chi connectivity index (χ1) is 19.0. The molecule has 10 heteroatoms. The van der Waals surface area contributed by atoms with E-state index in [-0.39, 0.29) is 19.4 Å². The molecule has 1 N–H and O–H groups in total. The van der Waals surface area contributed by atoms with Gasteiger partial charge in [-0.3, -0.25) is 19.5 Å². The zero-order valence-electron chi connectivity index (χ0n) is 22.6.